The van der Waals surface area contributed by atoms with Gasteiger partial charge in [-0.15, -0.1) is 0 Å². The molecular formula is C17H37N. The summed E-state index contributed by atoms with van der Waals surface area (Å²) < 4.78 is 0. The van der Waals surface area contributed by atoms with Crippen LogP contribution < -0.4 is 5.32 Å². The molecule has 18 heavy (non-hydrogen) atoms. The predicted molar refractivity (Wildman–Crippen MR) is 84.1 cm³/mol. The van der Waals surface area contributed by atoms with E-state index in [0.29, 0.717) is 5.41 Å². The lowest BCUT2D eigenvalue weighted by molar-refractivity contribution is 0.186. The van der Waals surface area contributed by atoms with Crippen LogP contribution in [0.4, 0.5) is 0 Å². The monoisotopic (exact) mass is 255 g/mol. The van der Waals surface area contributed by atoms with Crippen molar-refractivity contribution in [3.63, 3.8) is 0 Å². The Morgan fingerprint density at radius 1 is 0.778 bits per heavy atom. The summed E-state index contributed by atoms with van der Waals surface area (Å²) in [6.07, 6.45) is 11.0. The molecule has 0 saturated carbocycles. The zero-order chi connectivity index (χ0) is 14.1. The van der Waals surface area contributed by atoms with Gasteiger partial charge in [0.05, 0.1) is 0 Å². The maximum Gasteiger partial charge on any atom is 0.00967 e. The Morgan fingerprint density at radius 2 is 1.33 bits per heavy atom. The van der Waals surface area contributed by atoms with Gasteiger partial charge in [0.15, 0.2) is 0 Å². The van der Waals surface area contributed by atoms with E-state index in [-0.39, 0.29) is 5.54 Å². The molecule has 1 heteroatoms. The largest absolute Gasteiger partial charge is 0.312 e. The van der Waals surface area contributed by atoms with Crippen molar-refractivity contribution >= 4 is 0 Å². The molecule has 0 heterocycles. The van der Waals surface area contributed by atoms with Crippen molar-refractivity contribution in [1.29, 1.82) is 0 Å². The molecule has 1 nitrogen and oxygen atoms in total. The van der Waals surface area contributed by atoms with Crippen molar-refractivity contribution < 1.29 is 0 Å². The Labute approximate surface area is 116 Å². The Balaban J connectivity index is 4.43. The molecular weight excluding hydrogens is 218 g/mol. The fraction of sp³-hybridized carbons (Fsp3) is 1.00. The standard InChI is InChI=1S/C17H37N/c1-7-10-12-14-17(9-3,13-11-8-2)15-18-16(4,5)6/h18H,7-15H2,1-6H3. The van der Waals surface area contributed by atoms with Crippen LogP contribution in [-0.4, -0.2) is 12.1 Å². The van der Waals surface area contributed by atoms with Crippen LogP contribution in [0.5, 0.6) is 0 Å². The maximum atomic E-state index is 3.75. The summed E-state index contributed by atoms with van der Waals surface area (Å²) >= 11 is 0. The summed E-state index contributed by atoms with van der Waals surface area (Å²) in [5, 5.41) is 3.75. The van der Waals surface area contributed by atoms with Crippen molar-refractivity contribution in [2.75, 3.05) is 6.54 Å². The highest BCUT2D eigenvalue weighted by molar-refractivity contribution is 4.84. The van der Waals surface area contributed by atoms with Crippen LogP contribution in [0.1, 0.15) is 92.9 Å². The molecule has 0 bridgehead atoms. The van der Waals surface area contributed by atoms with Gasteiger partial charge in [0.2, 0.25) is 0 Å². The molecule has 0 aromatic heterocycles. The Bertz CT molecular complexity index is 192. The highest BCUT2D eigenvalue weighted by atomic mass is 15.0. The lowest BCUT2D eigenvalue weighted by atomic mass is 9.75. The summed E-state index contributed by atoms with van der Waals surface area (Å²) in [4.78, 5) is 0. The Kier molecular flexibility index (Phi) is 8.94. The number of hydrogen-bond acceptors (Lipinski definition) is 1. The first-order valence-corrected chi connectivity index (χ1v) is 8.14. The average Bonchev–Trinajstić information content (AvgIpc) is 2.31. The second-order valence-corrected chi connectivity index (χ2v) is 7.02. The molecule has 110 valence electrons. The lowest BCUT2D eigenvalue weighted by Crippen LogP contribution is -2.44. The van der Waals surface area contributed by atoms with Crippen LogP contribution in [0.3, 0.4) is 0 Å². The molecule has 1 atom stereocenters. The van der Waals surface area contributed by atoms with E-state index in [4.69, 9.17) is 0 Å². The van der Waals surface area contributed by atoms with Gasteiger partial charge in [-0.25, -0.2) is 0 Å². The van der Waals surface area contributed by atoms with Crippen molar-refractivity contribution in [1.82, 2.24) is 5.32 Å². The molecule has 0 rings (SSSR count). The lowest BCUT2D eigenvalue weighted by Gasteiger charge is -2.36. The fourth-order valence-corrected chi connectivity index (χ4v) is 2.53. The summed E-state index contributed by atoms with van der Waals surface area (Å²) in [5.41, 5.74) is 0.788. The van der Waals surface area contributed by atoms with E-state index < -0.39 is 0 Å². The van der Waals surface area contributed by atoms with Gasteiger partial charge in [-0.2, -0.15) is 0 Å². The molecule has 0 aliphatic heterocycles. The van der Waals surface area contributed by atoms with Gasteiger partial charge in [0.25, 0.3) is 0 Å². The van der Waals surface area contributed by atoms with E-state index in [2.05, 4.69) is 46.9 Å². The van der Waals surface area contributed by atoms with Gasteiger partial charge in [-0.05, 0) is 45.4 Å². The van der Waals surface area contributed by atoms with Gasteiger partial charge >= 0.3 is 0 Å². The smallest absolute Gasteiger partial charge is 0.00967 e. The molecule has 0 aromatic rings. The molecule has 0 spiro atoms. The van der Waals surface area contributed by atoms with Crippen molar-refractivity contribution in [2.24, 2.45) is 5.41 Å². The SMILES string of the molecule is CCCCCC(CC)(CCCC)CNC(C)(C)C. The first kappa shape index (κ1) is 18.0. The molecule has 0 fully saturated rings. The van der Waals surface area contributed by atoms with Crippen molar-refractivity contribution in [3.05, 3.63) is 0 Å². The molecule has 0 saturated heterocycles. The minimum Gasteiger partial charge on any atom is -0.312 e. The molecule has 1 unspecified atom stereocenters. The van der Waals surface area contributed by atoms with E-state index in [1.165, 1.54) is 57.9 Å². The van der Waals surface area contributed by atoms with Crippen LogP contribution in [-0.2, 0) is 0 Å². The Hall–Kier alpha value is -0.0400. The average molecular weight is 255 g/mol. The zero-order valence-electron chi connectivity index (χ0n) is 13.9. The van der Waals surface area contributed by atoms with Gasteiger partial charge in [0.1, 0.15) is 0 Å². The molecule has 0 aromatic carbocycles. The van der Waals surface area contributed by atoms with Crippen molar-refractivity contribution in [2.45, 2.75) is 98.4 Å². The summed E-state index contributed by atoms with van der Waals surface area (Å²) in [6.45, 7) is 15.0. The second-order valence-electron chi connectivity index (χ2n) is 7.02. The zero-order valence-corrected chi connectivity index (χ0v) is 13.9. The topological polar surface area (TPSA) is 12.0 Å². The molecule has 0 aliphatic rings. The normalized spacial score (nSPS) is 15.7. The highest BCUT2D eigenvalue weighted by Gasteiger charge is 2.28. The van der Waals surface area contributed by atoms with Crippen LogP contribution in [0, 0.1) is 5.41 Å². The minimum absolute atomic E-state index is 0.247. The summed E-state index contributed by atoms with van der Waals surface area (Å²) in [6, 6.07) is 0. The third-order valence-corrected chi connectivity index (χ3v) is 4.12. The van der Waals surface area contributed by atoms with Crippen LogP contribution in [0.25, 0.3) is 0 Å². The number of nitrogens with one attached hydrogen (secondary N) is 1. The number of hydrogen-bond donors (Lipinski definition) is 1. The first-order valence-electron chi connectivity index (χ1n) is 8.14. The molecule has 0 amide bonds. The Morgan fingerprint density at radius 3 is 1.78 bits per heavy atom. The quantitative estimate of drug-likeness (QED) is 0.505. The van der Waals surface area contributed by atoms with Crippen LogP contribution >= 0.6 is 0 Å². The first-order chi connectivity index (χ1) is 8.39. The molecule has 0 radical (unpaired) electrons. The number of rotatable bonds is 10. The predicted octanol–water partition coefficient (Wildman–Crippen LogP) is 5.54. The van der Waals surface area contributed by atoms with E-state index in [1.54, 1.807) is 0 Å². The highest BCUT2D eigenvalue weighted by Crippen LogP contribution is 2.34. The third-order valence-electron chi connectivity index (χ3n) is 4.12. The number of unbranched alkanes of at least 4 members (excludes halogenated alkanes) is 3. The van der Waals surface area contributed by atoms with Gasteiger partial charge in [-0.1, -0.05) is 52.9 Å². The van der Waals surface area contributed by atoms with Gasteiger partial charge in [-0.3, -0.25) is 0 Å². The van der Waals surface area contributed by atoms with E-state index >= 15 is 0 Å². The van der Waals surface area contributed by atoms with E-state index in [0.717, 1.165) is 0 Å². The van der Waals surface area contributed by atoms with Crippen LogP contribution in [0.2, 0.25) is 0 Å². The molecule has 0 aliphatic carbocycles. The fourth-order valence-electron chi connectivity index (χ4n) is 2.53. The summed E-state index contributed by atoms with van der Waals surface area (Å²) in [5.74, 6) is 0. The van der Waals surface area contributed by atoms with Gasteiger partial charge in [0, 0.05) is 12.1 Å². The maximum absolute atomic E-state index is 3.75. The van der Waals surface area contributed by atoms with E-state index in [9.17, 15) is 0 Å². The van der Waals surface area contributed by atoms with E-state index in [1.807, 2.05) is 0 Å². The second kappa shape index (κ2) is 8.96. The van der Waals surface area contributed by atoms with Crippen molar-refractivity contribution in [3.8, 4) is 0 Å². The minimum atomic E-state index is 0.247. The molecule has 1 N–H and O–H groups in total. The third kappa shape index (κ3) is 8.13. The van der Waals surface area contributed by atoms with Gasteiger partial charge < -0.3 is 5.32 Å². The summed E-state index contributed by atoms with van der Waals surface area (Å²) in [7, 11) is 0. The van der Waals surface area contributed by atoms with Crippen LogP contribution in [0.15, 0.2) is 0 Å².